The Hall–Kier alpha value is -0.120. The Bertz CT molecular complexity index is 216. The van der Waals surface area contributed by atoms with Crippen molar-refractivity contribution in [3.8, 4) is 0 Å². The topological polar surface area (TPSA) is 32.7 Å². The van der Waals surface area contributed by atoms with E-state index in [-0.39, 0.29) is 18.2 Å². The Morgan fingerprint density at radius 2 is 2.27 bits per heavy atom. The van der Waals surface area contributed by atoms with E-state index in [0.717, 1.165) is 19.4 Å². The molecule has 0 radical (unpaired) electrons. The van der Waals surface area contributed by atoms with Gasteiger partial charge in [0, 0.05) is 18.7 Å². The predicted molar refractivity (Wildman–Crippen MR) is 59.9 cm³/mol. The monoisotopic (exact) mass is 213 g/mol. The first-order valence-electron chi connectivity index (χ1n) is 6.14. The molecule has 88 valence electrons. The lowest BCUT2D eigenvalue weighted by Gasteiger charge is -2.49. The summed E-state index contributed by atoms with van der Waals surface area (Å²) >= 11 is 0. The van der Waals surface area contributed by atoms with Gasteiger partial charge in [-0.15, -0.1) is 0 Å². The van der Waals surface area contributed by atoms with Crippen LogP contribution in [0.3, 0.4) is 0 Å². The number of ether oxygens (including phenoxy) is 1. The van der Waals surface area contributed by atoms with Crippen molar-refractivity contribution in [2.75, 3.05) is 20.3 Å². The molecule has 2 unspecified atom stereocenters. The summed E-state index contributed by atoms with van der Waals surface area (Å²) < 4.78 is 5.91. The first-order chi connectivity index (χ1) is 7.17. The summed E-state index contributed by atoms with van der Waals surface area (Å²) in [7, 11) is 2.13. The summed E-state index contributed by atoms with van der Waals surface area (Å²) in [5, 5.41) is 9.16. The lowest BCUT2D eigenvalue weighted by Crippen LogP contribution is -2.53. The van der Waals surface area contributed by atoms with Gasteiger partial charge in [0.2, 0.25) is 0 Å². The van der Waals surface area contributed by atoms with Crippen LogP contribution in [0.5, 0.6) is 0 Å². The van der Waals surface area contributed by atoms with E-state index in [9.17, 15) is 0 Å². The fourth-order valence-electron chi connectivity index (χ4n) is 2.76. The molecule has 1 saturated heterocycles. The number of hydrogen-bond donors (Lipinski definition) is 1. The van der Waals surface area contributed by atoms with E-state index in [4.69, 9.17) is 9.84 Å². The third kappa shape index (κ3) is 2.19. The number of nitrogens with zero attached hydrogens (tertiary/aromatic N) is 1. The number of hydrogen-bond acceptors (Lipinski definition) is 3. The second kappa shape index (κ2) is 4.40. The van der Waals surface area contributed by atoms with Gasteiger partial charge in [-0.1, -0.05) is 0 Å². The van der Waals surface area contributed by atoms with Crippen LogP contribution in [0.2, 0.25) is 0 Å². The highest BCUT2D eigenvalue weighted by molar-refractivity contribution is 4.96. The van der Waals surface area contributed by atoms with Gasteiger partial charge in [0.25, 0.3) is 0 Å². The lowest BCUT2D eigenvalue weighted by molar-refractivity contribution is -0.150. The highest BCUT2D eigenvalue weighted by Gasteiger charge is 2.43. The van der Waals surface area contributed by atoms with Crippen LogP contribution in [-0.4, -0.2) is 48.0 Å². The first kappa shape index (κ1) is 11.4. The van der Waals surface area contributed by atoms with E-state index < -0.39 is 0 Å². The van der Waals surface area contributed by atoms with E-state index in [1.165, 1.54) is 19.3 Å². The van der Waals surface area contributed by atoms with Crippen LogP contribution < -0.4 is 0 Å². The van der Waals surface area contributed by atoms with Crippen molar-refractivity contribution in [2.45, 2.75) is 56.7 Å². The highest BCUT2D eigenvalue weighted by Crippen LogP contribution is 2.43. The van der Waals surface area contributed by atoms with E-state index in [0.29, 0.717) is 6.04 Å². The van der Waals surface area contributed by atoms with Crippen molar-refractivity contribution in [3.05, 3.63) is 0 Å². The Balaban J connectivity index is 1.92. The molecule has 1 N–H and O–H groups in total. The normalized spacial score (nSPS) is 31.6. The molecule has 3 nitrogen and oxygen atoms in total. The van der Waals surface area contributed by atoms with E-state index >= 15 is 0 Å². The molecule has 0 aromatic rings. The summed E-state index contributed by atoms with van der Waals surface area (Å²) in [6.45, 7) is 3.23. The zero-order valence-corrected chi connectivity index (χ0v) is 9.91. The second-order valence-corrected chi connectivity index (χ2v) is 5.23. The summed E-state index contributed by atoms with van der Waals surface area (Å²) in [5.74, 6) is 0. The van der Waals surface area contributed by atoms with Crippen LogP contribution >= 0.6 is 0 Å². The Labute approximate surface area is 92.4 Å². The van der Waals surface area contributed by atoms with Gasteiger partial charge < -0.3 is 9.84 Å². The fraction of sp³-hybridized carbons (Fsp3) is 1.00. The minimum absolute atomic E-state index is 0.215. The third-order valence-electron chi connectivity index (χ3n) is 4.27. The lowest BCUT2D eigenvalue weighted by atomic mass is 9.73. The molecule has 1 spiro atoms. The van der Waals surface area contributed by atoms with Crippen LogP contribution in [0.15, 0.2) is 0 Å². The molecule has 1 saturated carbocycles. The van der Waals surface area contributed by atoms with Gasteiger partial charge >= 0.3 is 0 Å². The van der Waals surface area contributed by atoms with Gasteiger partial charge in [0.05, 0.1) is 12.2 Å². The van der Waals surface area contributed by atoms with Gasteiger partial charge in [-0.2, -0.15) is 0 Å². The Morgan fingerprint density at radius 3 is 2.80 bits per heavy atom. The third-order valence-corrected chi connectivity index (χ3v) is 4.27. The first-order valence-corrected chi connectivity index (χ1v) is 6.14. The molecule has 0 aromatic heterocycles. The molecule has 2 atom stereocenters. The summed E-state index contributed by atoms with van der Waals surface area (Å²) in [6, 6.07) is 0.867. The zero-order valence-electron chi connectivity index (χ0n) is 9.91. The minimum Gasteiger partial charge on any atom is -0.395 e. The highest BCUT2D eigenvalue weighted by atomic mass is 16.5. The van der Waals surface area contributed by atoms with Crippen molar-refractivity contribution >= 4 is 0 Å². The summed E-state index contributed by atoms with van der Waals surface area (Å²) in [4.78, 5) is 2.32. The van der Waals surface area contributed by atoms with Crippen LogP contribution in [0, 0.1) is 0 Å². The maximum Gasteiger partial charge on any atom is 0.0697 e. The van der Waals surface area contributed by atoms with E-state index in [2.05, 4.69) is 18.9 Å². The van der Waals surface area contributed by atoms with Crippen molar-refractivity contribution in [2.24, 2.45) is 0 Å². The van der Waals surface area contributed by atoms with Crippen molar-refractivity contribution in [1.82, 2.24) is 4.90 Å². The minimum atomic E-state index is 0.215. The number of aliphatic hydroxyl groups is 1. The molecule has 1 heterocycles. The van der Waals surface area contributed by atoms with Gasteiger partial charge in [0.1, 0.15) is 0 Å². The number of likely N-dealkylation sites (N-methyl/N-ethyl adjacent to an activating group) is 1. The molecular formula is C12H23NO2. The van der Waals surface area contributed by atoms with Crippen molar-refractivity contribution in [1.29, 1.82) is 0 Å². The van der Waals surface area contributed by atoms with Gasteiger partial charge in [-0.25, -0.2) is 0 Å². The second-order valence-electron chi connectivity index (χ2n) is 5.23. The van der Waals surface area contributed by atoms with Crippen molar-refractivity contribution in [3.63, 3.8) is 0 Å². The summed E-state index contributed by atoms with van der Waals surface area (Å²) in [6.07, 6.45) is 6.08. The summed E-state index contributed by atoms with van der Waals surface area (Å²) in [5.41, 5.74) is 0.215. The number of aliphatic hydroxyl groups excluding tert-OH is 1. The number of rotatable bonds is 3. The van der Waals surface area contributed by atoms with Gasteiger partial charge in [-0.3, -0.25) is 4.90 Å². The van der Waals surface area contributed by atoms with Crippen LogP contribution in [0.1, 0.15) is 39.0 Å². The Morgan fingerprint density at radius 1 is 1.53 bits per heavy atom. The van der Waals surface area contributed by atoms with Crippen LogP contribution in [-0.2, 0) is 4.74 Å². The molecule has 2 aliphatic rings. The molecule has 2 rings (SSSR count). The zero-order chi connectivity index (χ0) is 10.9. The largest absolute Gasteiger partial charge is 0.395 e. The van der Waals surface area contributed by atoms with Crippen LogP contribution in [0.25, 0.3) is 0 Å². The predicted octanol–water partition coefficient (Wildman–Crippen LogP) is 1.40. The molecular weight excluding hydrogens is 190 g/mol. The molecule has 15 heavy (non-hydrogen) atoms. The molecule has 1 aliphatic carbocycles. The van der Waals surface area contributed by atoms with E-state index in [1.807, 2.05) is 0 Å². The molecule has 0 amide bonds. The fourth-order valence-corrected chi connectivity index (χ4v) is 2.76. The van der Waals surface area contributed by atoms with Gasteiger partial charge in [0.15, 0.2) is 0 Å². The molecule has 2 fully saturated rings. The van der Waals surface area contributed by atoms with Gasteiger partial charge in [-0.05, 0) is 46.1 Å². The van der Waals surface area contributed by atoms with Crippen molar-refractivity contribution < 1.29 is 9.84 Å². The molecule has 1 aliphatic heterocycles. The maximum absolute atomic E-state index is 9.16. The molecule has 0 aromatic carbocycles. The standard InChI is InChI=1S/C12H23NO2/c1-10(9-14)13(2)11-4-7-15-12(8-11)5-3-6-12/h10-11,14H,3-9H2,1-2H3. The smallest absolute Gasteiger partial charge is 0.0697 e. The average molecular weight is 213 g/mol. The average Bonchev–Trinajstić information content (AvgIpc) is 2.25. The maximum atomic E-state index is 9.16. The molecule has 0 bridgehead atoms. The quantitative estimate of drug-likeness (QED) is 0.769. The van der Waals surface area contributed by atoms with Crippen LogP contribution in [0.4, 0.5) is 0 Å². The van der Waals surface area contributed by atoms with E-state index in [1.54, 1.807) is 0 Å². The Kier molecular flexibility index (Phi) is 3.33. The SMILES string of the molecule is CC(CO)N(C)C1CCOC2(CCC2)C1. The molecule has 3 heteroatoms.